The summed E-state index contributed by atoms with van der Waals surface area (Å²) < 4.78 is 2.05. The molecule has 2 aromatic rings. The summed E-state index contributed by atoms with van der Waals surface area (Å²) in [5, 5.41) is 0. The molecule has 0 bridgehead atoms. The summed E-state index contributed by atoms with van der Waals surface area (Å²) in [6, 6.07) is 10.8. The average molecular weight is 258 g/mol. The van der Waals surface area contributed by atoms with Crippen LogP contribution in [0, 0.1) is 0 Å². The number of likely N-dealkylation sites (N-methyl/N-ethyl adjacent to an activating group) is 1. The fourth-order valence-electron chi connectivity index (χ4n) is 2.21. The quantitative estimate of drug-likeness (QED) is 0.852. The number of nitrogens with two attached hydrogens (primary N) is 1. The number of aromatic nitrogens is 2. The Morgan fingerprint density at radius 2 is 2.05 bits per heavy atom. The first-order valence-corrected chi connectivity index (χ1v) is 6.61. The number of nitrogens with zero attached hydrogens (tertiary/aromatic N) is 3. The van der Waals surface area contributed by atoms with Crippen LogP contribution in [0.25, 0.3) is 0 Å². The molecule has 1 atom stereocenters. The second-order valence-corrected chi connectivity index (χ2v) is 4.95. The van der Waals surface area contributed by atoms with Gasteiger partial charge in [-0.15, -0.1) is 0 Å². The molecular formula is C15H22N4. The molecule has 1 aromatic carbocycles. The highest BCUT2D eigenvalue weighted by Gasteiger charge is 2.15. The van der Waals surface area contributed by atoms with Crippen LogP contribution in [0.4, 0.5) is 0 Å². The van der Waals surface area contributed by atoms with E-state index >= 15 is 0 Å². The van der Waals surface area contributed by atoms with Gasteiger partial charge in [-0.05, 0) is 19.0 Å². The van der Waals surface area contributed by atoms with Gasteiger partial charge in [-0.3, -0.25) is 4.90 Å². The van der Waals surface area contributed by atoms with Crippen LogP contribution in [0.2, 0.25) is 0 Å². The van der Waals surface area contributed by atoms with Crippen molar-refractivity contribution in [1.82, 2.24) is 14.5 Å². The Bertz CT molecular complexity index is 492. The summed E-state index contributed by atoms with van der Waals surface area (Å²) in [5.41, 5.74) is 7.24. The zero-order chi connectivity index (χ0) is 13.7. The number of benzene rings is 1. The minimum absolute atomic E-state index is 0.332. The largest absolute Gasteiger partial charge is 0.337 e. The van der Waals surface area contributed by atoms with E-state index in [1.165, 1.54) is 5.56 Å². The van der Waals surface area contributed by atoms with Crippen LogP contribution in [0.15, 0.2) is 42.7 Å². The lowest BCUT2D eigenvalue weighted by atomic mass is 10.1. The second kappa shape index (κ2) is 6.50. The highest BCUT2D eigenvalue weighted by atomic mass is 15.2. The third kappa shape index (κ3) is 3.66. The van der Waals surface area contributed by atoms with E-state index in [1.54, 1.807) is 0 Å². The molecule has 0 aliphatic rings. The maximum absolute atomic E-state index is 5.92. The van der Waals surface area contributed by atoms with E-state index in [-0.39, 0.29) is 0 Å². The number of hydrogen-bond acceptors (Lipinski definition) is 3. The number of imidazole rings is 1. The lowest BCUT2D eigenvalue weighted by Crippen LogP contribution is -2.39. The highest BCUT2D eigenvalue weighted by Crippen LogP contribution is 2.09. The molecule has 0 saturated carbocycles. The Morgan fingerprint density at radius 3 is 2.63 bits per heavy atom. The first-order chi connectivity index (χ1) is 9.20. The fourth-order valence-corrected chi connectivity index (χ4v) is 2.21. The Morgan fingerprint density at radius 1 is 1.32 bits per heavy atom. The summed E-state index contributed by atoms with van der Waals surface area (Å²) in [6.45, 7) is 1.47. The Labute approximate surface area is 114 Å². The minimum Gasteiger partial charge on any atom is -0.337 e. The van der Waals surface area contributed by atoms with Gasteiger partial charge in [0.1, 0.15) is 5.82 Å². The zero-order valence-electron chi connectivity index (χ0n) is 11.7. The zero-order valence-corrected chi connectivity index (χ0v) is 11.7. The SMILES string of the molecule is CN(Cc1nccn1C)C(CN)Cc1ccccc1. The first-order valence-electron chi connectivity index (χ1n) is 6.61. The van der Waals surface area contributed by atoms with Gasteiger partial charge in [0.25, 0.3) is 0 Å². The molecule has 2 N–H and O–H groups in total. The van der Waals surface area contributed by atoms with Crippen molar-refractivity contribution < 1.29 is 0 Å². The predicted molar refractivity (Wildman–Crippen MR) is 77.7 cm³/mol. The lowest BCUT2D eigenvalue weighted by Gasteiger charge is -2.26. The molecule has 1 heterocycles. The molecule has 19 heavy (non-hydrogen) atoms. The molecule has 0 radical (unpaired) electrons. The van der Waals surface area contributed by atoms with E-state index in [9.17, 15) is 0 Å². The molecule has 4 nitrogen and oxygen atoms in total. The second-order valence-electron chi connectivity index (χ2n) is 4.95. The van der Waals surface area contributed by atoms with E-state index in [0.29, 0.717) is 12.6 Å². The summed E-state index contributed by atoms with van der Waals surface area (Å²) >= 11 is 0. The Balaban J connectivity index is 1.99. The van der Waals surface area contributed by atoms with Crippen LogP contribution in [-0.4, -0.2) is 34.1 Å². The van der Waals surface area contributed by atoms with Crippen LogP contribution >= 0.6 is 0 Å². The fraction of sp³-hybridized carbons (Fsp3) is 0.400. The van der Waals surface area contributed by atoms with E-state index in [0.717, 1.165) is 18.8 Å². The molecule has 1 unspecified atom stereocenters. The van der Waals surface area contributed by atoms with Crippen LogP contribution in [0.3, 0.4) is 0 Å². The number of rotatable bonds is 6. The van der Waals surface area contributed by atoms with Gasteiger partial charge >= 0.3 is 0 Å². The van der Waals surface area contributed by atoms with E-state index < -0.39 is 0 Å². The Kier molecular flexibility index (Phi) is 4.71. The van der Waals surface area contributed by atoms with Crippen LogP contribution in [0.1, 0.15) is 11.4 Å². The van der Waals surface area contributed by atoms with E-state index in [4.69, 9.17) is 5.73 Å². The third-order valence-electron chi connectivity index (χ3n) is 3.52. The smallest absolute Gasteiger partial charge is 0.122 e. The monoisotopic (exact) mass is 258 g/mol. The minimum atomic E-state index is 0.332. The van der Waals surface area contributed by atoms with Gasteiger partial charge in [0, 0.05) is 32.0 Å². The van der Waals surface area contributed by atoms with Crippen molar-refractivity contribution in [2.24, 2.45) is 12.8 Å². The van der Waals surface area contributed by atoms with Crippen molar-refractivity contribution in [3.63, 3.8) is 0 Å². The van der Waals surface area contributed by atoms with Gasteiger partial charge in [0.15, 0.2) is 0 Å². The maximum atomic E-state index is 5.92. The van der Waals surface area contributed by atoms with Crippen molar-refractivity contribution >= 4 is 0 Å². The molecular weight excluding hydrogens is 236 g/mol. The molecule has 102 valence electrons. The first kappa shape index (κ1) is 13.8. The molecule has 0 spiro atoms. The molecule has 0 amide bonds. The normalized spacial score (nSPS) is 12.8. The topological polar surface area (TPSA) is 47.1 Å². The molecule has 0 fully saturated rings. The molecule has 2 rings (SSSR count). The summed E-state index contributed by atoms with van der Waals surface area (Å²) in [4.78, 5) is 6.63. The van der Waals surface area contributed by atoms with Crippen molar-refractivity contribution in [2.45, 2.75) is 19.0 Å². The van der Waals surface area contributed by atoms with Gasteiger partial charge in [-0.1, -0.05) is 30.3 Å². The summed E-state index contributed by atoms with van der Waals surface area (Å²) in [5.74, 6) is 1.06. The van der Waals surface area contributed by atoms with Gasteiger partial charge in [-0.25, -0.2) is 4.98 Å². The summed E-state index contributed by atoms with van der Waals surface area (Å²) in [6.07, 6.45) is 4.77. The van der Waals surface area contributed by atoms with Gasteiger partial charge in [-0.2, -0.15) is 0 Å². The van der Waals surface area contributed by atoms with Crippen molar-refractivity contribution in [1.29, 1.82) is 0 Å². The third-order valence-corrected chi connectivity index (χ3v) is 3.52. The molecule has 0 aliphatic carbocycles. The molecule has 0 saturated heterocycles. The predicted octanol–water partition coefficient (Wildman–Crippen LogP) is 1.42. The van der Waals surface area contributed by atoms with Gasteiger partial charge in [0.05, 0.1) is 6.54 Å². The molecule has 4 heteroatoms. The maximum Gasteiger partial charge on any atom is 0.122 e. The standard InChI is InChI=1S/C15H22N4/c1-18-9-8-17-15(18)12-19(2)14(11-16)10-13-6-4-3-5-7-13/h3-9,14H,10-12,16H2,1-2H3. The average Bonchev–Trinajstić information content (AvgIpc) is 2.82. The van der Waals surface area contributed by atoms with Crippen molar-refractivity contribution in [3.05, 3.63) is 54.1 Å². The van der Waals surface area contributed by atoms with E-state index in [1.807, 2.05) is 30.1 Å². The number of aryl methyl sites for hydroxylation is 1. The number of hydrogen-bond donors (Lipinski definition) is 1. The van der Waals surface area contributed by atoms with Gasteiger partial charge in [0.2, 0.25) is 0 Å². The van der Waals surface area contributed by atoms with Crippen molar-refractivity contribution in [2.75, 3.05) is 13.6 Å². The van der Waals surface area contributed by atoms with Crippen LogP contribution in [-0.2, 0) is 20.0 Å². The summed E-state index contributed by atoms with van der Waals surface area (Å²) in [7, 11) is 4.12. The lowest BCUT2D eigenvalue weighted by molar-refractivity contribution is 0.229. The Hall–Kier alpha value is -1.65. The van der Waals surface area contributed by atoms with E-state index in [2.05, 4.69) is 41.2 Å². The van der Waals surface area contributed by atoms with Crippen molar-refractivity contribution in [3.8, 4) is 0 Å². The molecule has 1 aromatic heterocycles. The van der Waals surface area contributed by atoms with Crippen LogP contribution in [0.5, 0.6) is 0 Å². The molecule has 0 aliphatic heterocycles. The van der Waals surface area contributed by atoms with Crippen LogP contribution < -0.4 is 5.73 Å². The van der Waals surface area contributed by atoms with Gasteiger partial charge < -0.3 is 10.3 Å². The highest BCUT2D eigenvalue weighted by molar-refractivity contribution is 5.16.